The van der Waals surface area contributed by atoms with Crippen LogP contribution in [-0.2, 0) is 15.1 Å². The lowest BCUT2D eigenvalue weighted by Crippen LogP contribution is -2.48. The number of amides is 1. The number of benzene rings is 2. The quantitative estimate of drug-likeness (QED) is 0.888. The number of para-hydroxylation sites is 2. The number of nitrogens with one attached hydrogen (secondary N) is 1. The zero-order chi connectivity index (χ0) is 17.9. The van der Waals surface area contributed by atoms with E-state index < -0.39 is 11.7 Å². The Morgan fingerprint density at radius 1 is 1.28 bits per heavy atom. The first-order valence-electron chi connectivity index (χ1n) is 7.99. The second-order valence-electron chi connectivity index (χ2n) is 6.03. The van der Waals surface area contributed by atoms with Gasteiger partial charge in [-0.1, -0.05) is 35.9 Å². The van der Waals surface area contributed by atoms with Crippen LogP contribution < -0.4 is 14.8 Å². The maximum Gasteiger partial charge on any atom is 0.264 e. The summed E-state index contributed by atoms with van der Waals surface area (Å²) < 4.78 is 16.9. The molecule has 0 unspecified atom stereocenters. The van der Waals surface area contributed by atoms with Crippen LogP contribution in [0.2, 0.25) is 5.02 Å². The minimum absolute atomic E-state index is 0.170. The van der Waals surface area contributed by atoms with Gasteiger partial charge in [-0.2, -0.15) is 0 Å². The van der Waals surface area contributed by atoms with Crippen molar-refractivity contribution in [1.29, 1.82) is 0 Å². The molecule has 6 heteroatoms. The van der Waals surface area contributed by atoms with Gasteiger partial charge in [0.15, 0.2) is 11.5 Å². The Balaban J connectivity index is 1.65. The fourth-order valence-corrected chi connectivity index (χ4v) is 2.82. The summed E-state index contributed by atoms with van der Waals surface area (Å²) in [6.45, 7) is 2.35. The van der Waals surface area contributed by atoms with Crippen molar-refractivity contribution in [2.75, 3.05) is 20.3 Å². The summed E-state index contributed by atoms with van der Waals surface area (Å²) in [6.07, 6.45) is -0.699. The van der Waals surface area contributed by atoms with Gasteiger partial charge in [0.2, 0.25) is 6.10 Å². The fourth-order valence-electron chi connectivity index (χ4n) is 2.63. The molecule has 0 aliphatic carbocycles. The summed E-state index contributed by atoms with van der Waals surface area (Å²) in [5, 5.41) is 3.50. The first kappa shape index (κ1) is 17.6. The molecule has 1 amide bonds. The van der Waals surface area contributed by atoms with Crippen LogP contribution in [0.25, 0.3) is 0 Å². The highest BCUT2D eigenvalue weighted by Crippen LogP contribution is 2.31. The van der Waals surface area contributed by atoms with Crippen LogP contribution in [0.4, 0.5) is 0 Å². The highest BCUT2D eigenvalue weighted by atomic mass is 35.5. The number of methoxy groups -OCH3 is 1. The summed E-state index contributed by atoms with van der Waals surface area (Å²) in [7, 11) is 1.60. The molecule has 1 heterocycles. The molecular formula is C19H20ClNO4. The number of carbonyl (C=O) groups excluding carboxylic acids is 1. The van der Waals surface area contributed by atoms with E-state index in [-0.39, 0.29) is 19.1 Å². The predicted octanol–water partition coefficient (Wildman–Crippen LogP) is 3.16. The average Bonchev–Trinajstić information content (AvgIpc) is 2.65. The molecule has 0 radical (unpaired) electrons. The van der Waals surface area contributed by atoms with Gasteiger partial charge in [-0.25, -0.2) is 0 Å². The van der Waals surface area contributed by atoms with Crippen LogP contribution in [0.1, 0.15) is 12.5 Å². The third kappa shape index (κ3) is 3.89. The second-order valence-corrected chi connectivity index (χ2v) is 6.46. The van der Waals surface area contributed by atoms with E-state index in [1.165, 1.54) is 0 Å². The van der Waals surface area contributed by atoms with E-state index >= 15 is 0 Å². The molecule has 1 N–H and O–H groups in total. The smallest absolute Gasteiger partial charge is 0.264 e. The first-order chi connectivity index (χ1) is 12.0. The van der Waals surface area contributed by atoms with Gasteiger partial charge in [-0.15, -0.1) is 0 Å². The van der Waals surface area contributed by atoms with E-state index in [0.29, 0.717) is 16.5 Å². The zero-order valence-electron chi connectivity index (χ0n) is 14.1. The Bertz CT molecular complexity index is 767. The van der Waals surface area contributed by atoms with Crippen LogP contribution in [-0.4, -0.2) is 32.3 Å². The van der Waals surface area contributed by atoms with E-state index in [9.17, 15) is 4.79 Å². The van der Waals surface area contributed by atoms with Gasteiger partial charge in [-0.05, 0) is 36.8 Å². The lowest BCUT2D eigenvalue weighted by atomic mass is 9.95. The van der Waals surface area contributed by atoms with Crippen molar-refractivity contribution in [3.63, 3.8) is 0 Å². The normalized spacial score (nSPS) is 18.3. The number of halogens is 1. The van der Waals surface area contributed by atoms with Crippen LogP contribution in [0.5, 0.6) is 11.5 Å². The molecular weight excluding hydrogens is 342 g/mol. The molecule has 2 atom stereocenters. The topological polar surface area (TPSA) is 56.8 Å². The van der Waals surface area contributed by atoms with Crippen LogP contribution >= 0.6 is 11.6 Å². The molecule has 5 nitrogen and oxygen atoms in total. The number of carbonyl (C=O) groups is 1. The summed E-state index contributed by atoms with van der Waals surface area (Å²) >= 11 is 6.06. The molecule has 0 saturated carbocycles. The van der Waals surface area contributed by atoms with E-state index in [4.69, 9.17) is 25.8 Å². The molecule has 0 spiro atoms. The summed E-state index contributed by atoms with van der Waals surface area (Å²) in [4.78, 5) is 12.5. The van der Waals surface area contributed by atoms with Crippen molar-refractivity contribution < 1.29 is 19.0 Å². The maximum atomic E-state index is 12.5. The van der Waals surface area contributed by atoms with Gasteiger partial charge in [0, 0.05) is 12.1 Å². The van der Waals surface area contributed by atoms with Crippen molar-refractivity contribution in [1.82, 2.24) is 5.32 Å². The molecule has 132 valence electrons. The van der Waals surface area contributed by atoms with Gasteiger partial charge in [0.1, 0.15) is 12.2 Å². The standard InChI is InChI=1S/C19H20ClNO4/c1-19(23-2,13-6-5-7-14(20)10-13)12-21-18(22)17-11-24-15-8-3-4-9-16(15)25-17/h3-10,17H,11-12H2,1-2H3,(H,21,22)/t17-,19-/m0/s1. The summed E-state index contributed by atoms with van der Waals surface area (Å²) in [5.74, 6) is 0.963. The third-order valence-corrected chi connectivity index (χ3v) is 4.52. The number of ether oxygens (including phenoxy) is 3. The van der Waals surface area contributed by atoms with E-state index in [1.807, 2.05) is 43.3 Å². The molecule has 0 aromatic heterocycles. The van der Waals surface area contributed by atoms with E-state index in [2.05, 4.69) is 5.32 Å². The summed E-state index contributed by atoms with van der Waals surface area (Å²) in [6, 6.07) is 14.7. The van der Waals surface area contributed by atoms with Crippen LogP contribution in [0.15, 0.2) is 48.5 Å². The van der Waals surface area contributed by atoms with Crippen molar-refractivity contribution in [3.05, 3.63) is 59.1 Å². The Labute approximate surface area is 151 Å². The largest absolute Gasteiger partial charge is 0.485 e. The minimum atomic E-state index is -0.700. The molecule has 1 aliphatic heterocycles. The average molecular weight is 362 g/mol. The molecule has 1 aliphatic rings. The zero-order valence-corrected chi connectivity index (χ0v) is 14.9. The van der Waals surface area contributed by atoms with Gasteiger partial charge < -0.3 is 19.5 Å². The lowest BCUT2D eigenvalue weighted by Gasteiger charge is -2.31. The van der Waals surface area contributed by atoms with Gasteiger partial charge in [0.25, 0.3) is 5.91 Å². The highest BCUT2D eigenvalue weighted by molar-refractivity contribution is 6.30. The highest BCUT2D eigenvalue weighted by Gasteiger charge is 2.31. The number of hydrogen-bond donors (Lipinski definition) is 1. The fraction of sp³-hybridized carbons (Fsp3) is 0.316. The van der Waals surface area contributed by atoms with Crippen LogP contribution in [0, 0.1) is 0 Å². The Morgan fingerprint density at radius 2 is 2.04 bits per heavy atom. The van der Waals surface area contributed by atoms with E-state index in [1.54, 1.807) is 19.2 Å². The second kappa shape index (κ2) is 7.33. The third-order valence-electron chi connectivity index (χ3n) is 4.29. The van der Waals surface area contributed by atoms with Crippen LogP contribution in [0.3, 0.4) is 0 Å². The van der Waals surface area contributed by atoms with Crippen molar-refractivity contribution in [3.8, 4) is 11.5 Å². The van der Waals surface area contributed by atoms with Gasteiger partial charge >= 0.3 is 0 Å². The molecule has 2 aromatic carbocycles. The number of rotatable bonds is 5. The Morgan fingerprint density at radius 3 is 2.76 bits per heavy atom. The number of hydrogen-bond acceptors (Lipinski definition) is 4. The predicted molar refractivity (Wildman–Crippen MR) is 95.2 cm³/mol. The van der Waals surface area contributed by atoms with Crippen molar-refractivity contribution in [2.24, 2.45) is 0 Å². The lowest BCUT2D eigenvalue weighted by molar-refractivity contribution is -0.131. The van der Waals surface area contributed by atoms with E-state index in [0.717, 1.165) is 5.56 Å². The Hall–Kier alpha value is -2.24. The molecule has 0 saturated heterocycles. The molecule has 0 fully saturated rings. The molecule has 2 aromatic rings. The van der Waals surface area contributed by atoms with Gasteiger partial charge in [-0.3, -0.25) is 4.79 Å². The molecule has 3 rings (SSSR count). The monoisotopic (exact) mass is 361 g/mol. The maximum absolute atomic E-state index is 12.5. The molecule has 0 bridgehead atoms. The van der Waals surface area contributed by atoms with Crippen molar-refractivity contribution >= 4 is 17.5 Å². The minimum Gasteiger partial charge on any atom is -0.485 e. The van der Waals surface area contributed by atoms with Gasteiger partial charge in [0.05, 0.1) is 6.54 Å². The SMILES string of the molecule is CO[C@@](C)(CNC(=O)[C@@H]1COc2ccccc2O1)c1cccc(Cl)c1. The summed E-state index contributed by atoms with van der Waals surface area (Å²) in [5.41, 5.74) is 0.183. The number of fused-ring (bicyclic) bond motifs is 1. The first-order valence-corrected chi connectivity index (χ1v) is 8.37. The molecule has 25 heavy (non-hydrogen) atoms. The van der Waals surface area contributed by atoms with Crippen molar-refractivity contribution in [2.45, 2.75) is 18.6 Å². The Kier molecular flexibility index (Phi) is 5.16.